The predicted octanol–water partition coefficient (Wildman–Crippen LogP) is 2.96. The van der Waals surface area contributed by atoms with E-state index >= 15 is 0 Å². The smallest absolute Gasteiger partial charge is 0.337 e. The minimum absolute atomic E-state index is 0.0705. The number of nitrogens with zero attached hydrogens (tertiary/aromatic N) is 3. The number of carbonyl (C=O) groups excluding carboxylic acids is 2. The number of rotatable bonds is 11. The van der Waals surface area contributed by atoms with E-state index in [0.717, 1.165) is 13.0 Å². The van der Waals surface area contributed by atoms with Gasteiger partial charge in [-0.15, -0.1) is 0 Å². The van der Waals surface area contributed by atoms with E-state index in [9.17, 15) is 19.7 Å². The Kier molecular flexibility index (Phi) is 9.93. The van der Waals surface area contributed by atoms with Gasteiger partial charge in [-0.25, -0.2) is 9.59 Å². The molecule has 0 saturated carbocycles. The monoisotopic (exact) mass is 472 g/mol. The number of nitro groups is 1. The summed E-state index contributed by atoms with van der Waals surface area (Å²) < 4.78 is 10.5. The molecule has 1 aliphatic rings. The fourth-order valence-corrected chi connectivity index (χ4v) is 3.71. The molecule has 10 heteroatoms. The van der Waals surface area contributed by atoms with Crippen molar-refractivity contribution in [1.82, 2.24) is 10.2 Å². The van der Waals surface area contributed by atoms with Crippen molar-refractivity contribution >= 4 is 23.8 Å². The van der Waals surface area contributed by atoms with Crippen molar-refractivity contribution in [2.24, 2.45) is 4.99 Å². The van der Waals surface area contributed by atoms with Gasteiger partial charge in [-0.2, -0.15) is 0 Å². The molecule has 0 aromatic heterocycles. The van der Waals surface area contributed by atoms with E-state index in [1.807, 2.05) is 19.0 Å². The number of aliphatic imine (C=N–C) groups is 1. The molecular weight excluding hydrogens is 440 g/mol. The second-order valence-electron chi connectivity index (χ2n) is 7.87. The third kappa shape index (κ3) is 6.50. The van der Waals surface area contributed by atoms with Crippen LogP contribution in [0.4, 0.5) is 5.69 Å². The Morgan fingerprint density at radius 2 is 1.76 bits per heavy atom. The summed E-state index contributed by atoms with van der Waals surface area (Å²) in [5, 5.41) is 14.9. The van der Waals surface area contributed by atoms with Crippen LogP contribution in [0.15, 0.2) is 51.8 Å². The molecule has 0 radical (unpaired) electrons. The summed E-state index contributed by atoms with van der Waals surface area (Å²) in [6.07, 6.45) is 2.33. The standard InChI is InChI=1S/C24H32N4O6/c1-6-33-23(29)20-16(3)26-18(15-25-13-10-14-27(4)5)22(24(30)34-7-2)21(20)17-11-8-9-12-19(17)28(31)32/h8-9,11-12,15,21,26H,6-7,10,13-14H2,1-5H3. The lowest BCUT2D eigenvalue weighted by Gasteiger charge is -2.30. The Hall–Kier alpha value is -3.53. The SMILES string of the molecule is CCOC(=O)C1=C(C)NC(C=NCCCN(C)C)=C(C(=O)OCC)C1c1ccccc1[N+](=O)[O-]. The number of esters is 2. The van der Waals surface area contributed by atoms with Gasteiger partial charge in [0.1, 0.15) is 0 Å². The minimum atomic E-state index is -1.07. The second-order valence-corrected chi connectivity index (χ2v) is 7.87. The maximum Gasteiger partial charge on any atom is 0.337 e. The van der Waals surface area contributed by atoms with Crippen LogP contribution in [-0.2, 0) is 19.1 Å². The molecule has 1 aromatic rings. The Morgan fingerprint density at radius 1 is 1.15 bits per heavy atom. The first-order valence-electron chi connectivity index (χ1n) is 11.2. The van der Waals surface area contributed by atoms with Crippen molar-refractivity contribution in [2.45, 2.75) is 33.1 Å². The molecule has 1 aliphatic heterocycles. The Bertz CT molecular complexity index is 1010. The van der Waals surface area contributed by atoms with Crippen molar-refractivity contribution in [2.75, 3.05) is 40.4 Å². The van der Waals surface area contributed by atoms with Crippen LogP contribution < -0.4 is 5.32 Å². The lowest BCUT2D eigenvalue weighted by Crippen LogP contribution is -2.34. The maximum atomic E-state index is 13.2. The van der Waals surface area contributed by atoms with Crippen LogP contribution in [0, 0.1) is 10.1 Å². The highest BCUT2D eigenvalue weighted by Crippen LogP contribution is 2.42. The van der Waals surface area contributed by atoms with Gasteiger partial charge in [0.15, 0.2) is 0 Å². The molecule has 2 rings (SSSR count). The predicted molar refractivity (Wildman–Crippen MR) is 128 cm³/mol. The lowest BCUT2D eigenvalue weighted by atomic mass is 9.79. The van der Waals surface area contributed by atoms with E-state index in [-0.39, 0.29) is 35.6 Å². The van der Waals surface area contributed by atoms with E-state index in [0.29, 0.717) is 17.9 Å². The van der Waals surface area contributed by atoms with Gasteiger partial charge in [0.25, 0.3) is 5.69 Å². The van der Waals surface area contributed by atoms with Gasteiger partial charge < -0.3 is 19.7 Å². The molecule has 1 unspecified atom stereocenters. The van der Waals surface area contributed by atoms with Gasteiger partial charge in [-0.05, 0) is 47.8 Å². The van der Waals surface area contributed by atoms with Crippen molar-refractivity contribution in [3.05, 3.63) is 62.5 Å². The van der Waals surface area contributed by atoms with Crippen molar-refractivity contribution in [3.8, 4) is 0 Å². The van der Waals surface area contributed by atoms with Crippen molar-refractivity contribution < 1.29 is 24.0 Å². The van der Waals surface area contributed by atoms with Crippen molar-refractivity contribution in [3.63, 3.8) is 0 Å². The molecular formula is C24H32N4O6. The van der Waals surface area contributed by atoms with E-state index in [1.54, 1.807) is 26.8 Å². The molecule has 1 heterocycles. The molecule has 1 aromatic carbocycles. The number of carbonyl (C=O) groups is 2. The van der Waals surface area contributed by atoms with Gasteiger partial charge >= 0.3 is 11.9 Å². The Labute approximate surface area is 199 Å². The molecule has 10 nitrogen and oxygen atoms in total. The first kappa shape index (κ1) is 26.7. The number of nitro benzene ring substituents is 1. The summed E-state index contributed by atoms with van der Waals surface area (Å²) >= 11 is 0. The van der Waals surface area contributed by atoms with Gasteiger partial charge in [-0.3, -0.25) is 15.1 Å². The summed E-state index contributed by atoms with van der Waals surface area (Å²) in [5.74, 6) is -2.43. The summed E-state index contributed by atoms with van der Waals surface area (Å²) in [7, 11) is 3.94. The van der Waals surface area contributed by atoms with Crippen LogP contribution >= 0.6 is 0 Å². The molecule has 0 aliphatic carbocycles. The van der Waals surface area contributed by atoms with Crippen LogP contribution in [0.3, 0.4) is 0 Å². The quantitative estimate of drug-likeness (QED) is 0.171. The van der Waals surface area contributed by atoms with E-state index in [4.69, 9.17) is 9.47 Å². The zero-order valence-electron chi connectivity index (χ0n) is 20.3. The van der Waals surface area contributed by atoms with Crippen LogP contribution in [0.2, 0.25) is 0 Å². The molecule has 0 bridgehead atoms. The van der Waals surface area contributed by atoms with E-state index in [2.05, 4.69) is 10.3 Å². The number of ether oxygens (including phenoxy) is 2. The van der Waals surface area contributed by atoms with Crippen LogP contribution in [-0.4, -0.2) is 68.4 Å². The summed E-state index contributed by atoms with van der Waals surface area (Å²) in [4.78, 5) is 43.9. The van der Waals surface area contributed by atoms with Gasteiger partial charge in [-0.1, -0.05) is 18.2 Å². The lowest BCUT2D eigenvalue weighted by molar-refractivity contribution is -0.385. The van der Waals surface area contributed by atoms with E-state index < -0.39 is 22.8 Å². The summed E-state index contributed by atoms with van der Waals surface area (Å²) in [5.41, 5.74) is 0.914. The largest absolute Gasteiger partial charge is 0.463 e. The zero-order chi connectivity index (χ0) is 25.3. The van der Waals surface area contributed by atoms with Crippen LogP contribution in [0.25, 0.3) is 0 Å². The van der Waals surface area contributed by atoms with Gasteiger partial charge in [0.2, 0.25) is 0 Å². The third-order valence-corrected chi connectivity index (χ3v) is 5.14. The number of dihydropyridines is 1. The summed E-state index contributed by atoms with van der Waals surface area (Å²) in [6, 6.07) is 6.03. The maximum absolute atomic E-state index is 13.2. The molecule has 0 amide bonds. The fraction of sp³-hybridized carbons (Fsp3) is 0.458. The normalized spacial score (nSPS) is 16.1. The highest BCUT2D eigenvalue weighted by atomic mass is 16.6. The highest BCUT2D eigenvalue weighted by Gasteiger charge is 2.41. The number of benzene rings is 1. The zero-order valence-corrected chi connectivity index (χ0v) is 20.3. The average molecular weight is 473 g/mol. The highest BCUT2D eigenvalue weighted by molar-refractivity contribution is 6.04. The van der Waals surface area contributed by atoms with Crippen LogP contribution in [0.1, 0.15) is 38.7 Å². The number of nitrogens with one attached hydrogen (secondary N) is 1. The minimum Gasteiger partial charge on any atom is -0.463 e. The Balaban J connectivity index is 2.70. The third-order valence-electron chi connectivity index (χ3n) is 5.14. The molecule has 184 valence electrons. The molecule has 0 saturated heterocycles. The number of para-hydroxylation sites is 1. The molecule has 0 spiro atoms. The van der Waals surface area contributed by atoms with Crippen molar-refractivity contribution in [1.29, 1.82) is 0 Å². The first-order chi connectivity index (χ1) is 16.2. The van der Waals surface area contributed by atoms with E-state index in [1.165, 1.54) is 24.4 Å². The second kappa shape index (κ2) is 12.6. The number of allylic oxidation sites excluding steroid dienone is 2. The summed E-state index contributed by atoms with van der Waals surface area (Å²) in [6.45, 7) is 6.56. The molecule has 34 heavy (non-hydrogen) atoms. The van der Waals surface area contributed by atoms with Crippen LogP contribution in [0.5, 0.6) is 0 Å². The topological polar surface area (TPSA) is 123 Å². The molecule has 0 fully saturated rings. The van der Waals surface area contributed by atoms with Gasteiger partial charge in [0.05, 0.1) is 40.9 Å². The molecule has 1 atom stereocenters. The van der Waals surface area contributed by atoms with Gasteiger partial charge in [0, 0.05) is 30.1 Å². The number of hydrogen-bond acceptors (Lipinski definition) is 9. The fourth-order valence-electron chi connectivity index (χ4n) is 3.71. The number of hydrogen-bond donors (Lipinski definition) is 1. The first-order valence-corrected chi connectivity index (χ1v) is 11.2. The molecule has 1 N–H and O–H groups in total. The Morgan fingerprint density at radius 3 is 2.35 bits per heavy atom. The average Bonchev–Trinajstić information content (AvgIpc) is 2.78.